The van der Waals surface area contributed by atoms with Gasteiger partial charge in [0, 0.05) is 18.0 Å². The molecule has 19 heavy (non-hydrogen) atoms. The topological polar surface area (TPSA) is 67.0 Å². The molecule has 5 nitrogen and oxygen atoms in total. The highest BCUT2D eigenvalue weighted by molar-refractivity contribution is 6.03. The molecule has 0 saturated heterocycles. The number of hydrogen-bond acceptors (Lipinski definition) is 3. The van der Waals surface area contributed by atoms with Gasteiger partial charge in [-0.1, -0.05) is 6.07 Å². The van der Waals surface area contributed by atoms with Crippen LogP contribution in [0.15, 0.2) is 36.7 Å². The Labute approximate surface area is 105 Å². The van der Waals surface area contributed by atoms with Gasteiger partial charge in [0.25, 0.3) is 5.91 Å². The number of rotatable bonds is 3. The summed E-state index contributed by atoms with van der Waals surface area (Å²) in [5, 5.41) is 8.47. The monoisotopic (exact) mass is 271 g/mol. The molecule has 0 fully saturated rings. The molecule has 1 amide bonds. The average Bonchev–Trinajstić information content (AvgIpc) is 2.80. The Bertz CT molecular complexity index is 567. The van der Waals surface area contributed by atoms with Crippen molar-refractivity contribution < 1.29 is 22.7 Å². The lowest BCUT2D eigenvalue weighted by Gasteiger charge is -2.10. The summed E-state index contributed by atoms with van der Waals surface area (Å²) in [6.07, 6.45) is -2.11. The first-order valence-electron chi connectivity index (χ1n) is 5.10. The van der Waals surface area contributed by atoms with Crippen molar-refractivity contribution in [1.29, 1.82) is 0 Å². The summed E-state index contributed by atoms with van der Waals surface area (Å²) in [5.74, 6) is -0.893. The van der Waals surface area contributed by atoms with Crippen molar-refractivity contribution in [3.8, 4) is 5.75 Å². The van der Waals surface area contributed by atoms with Crippen LogP contribution >= 0.6 is 0 Å². The fourth-order valence-corrected chi connectivity index (χ4v) is 1.35. The molecule has 0 unspecified atom stereocenters. The zero-order valence-corrected chi connectivity index (χ0v) is 9.36. The third-order valence-corrected chi connectivity index (χ3v) is 2.09. The third kappa shape index (κ3) is 3.73. The minimum absolute atomic E-state index is 0.188. The van der Waals surface area contributed by atoms with Crippen molar-refractivity contribution in [3.63, 3.8) is 0 Å². The summed E-state index contributed by atoms with van der Waals surface area (Å²) in [6, 6.07) is 5.00. The van der Waals surface area contributed by atoms with Gasteiger partial charge < -0.3 is 10.1 Å². The number of H-pyrrole nitrogens is 1. The molecule has 0 aliphatic heterocycles. The first-order chi connectivity index (χ1) is 8.94. The van der Waals surface area contributed by atoms with E-state index in [0.29, 0.717) is 0 Å². The highest BCUT2D eigenvalue weighted by Crippen LogP contribution is 2.25. The largest absolute Gasteiger partial charge is 0.573 e. The Hall–Kier alpha value is -2.51. The Balaban J connectivity index is 2.09. The molecule has 0 spiro atoms. The molecule has 2 rings (SSSR count). The second-order valence-electron chi connectivity index (χ2n) is 3.52. The van der Waals surface area contributed by atoms with E-state index in [1.54, 1.807) is 0 Å². The SMILES string of the molecule is O=C(Nc1cccc(OC(F)(F)F)c1)c1cn[nH]c1. The van der Waals surface area contributed by atoms with E-state index in [4.69, 9.17) is 0 Å². The van der Waals surface area contributed by atoms with E-state index in [0.717, 1.165) is 12.1 Å². The first kappa shape index (κ1) is 12.9. The number of benzene rings is 1. The normalized spacial score (nSPS) is 11.1. The van der Waals surface area contributed by atoms with Gasteiger partial charge in [-0.2, -0.15) is 5.10 Å². The lowest BCUT2D eigenvalue weighted by molar-refractivity contribution is -0.274. The van der Waals surface area contributed by atoms with Crippen molar-refractivity contribution in [3.05, 3.63) is 42.2 Å². The Kier molecular flexibility index (Phi) is 3.41. The molecule has 8 heteroatoms. The Morgan fingerprint density at radius 1 is 1.37 bits per heavy atom. The smallest absolute Gasteiger partial charge is 0.406 e. The molecule has 1 aromatic carbocycles. The first-order valence-corrected chi connectivity index (χ1v) is 5.10. The number of alkyl halides is 3. The molecule has 1 heterocycles. The second kappa shape index (κ2) is 5.01. The Morgan fingerprint density at radius 2 is 2.16 bits per heavy atom. The van der Waals surface area contributed by atoms with E-state index >= 15 is 0 Å². The molecule has 100 valence electrons. The number of aromatic nitrogens is 2. The quantitative estimate of drug-likeness (QED) is 0.901. The zero-order valence-electron chi connectivity index (χ0n) is 9.36. The summed E-state index contributed by atoms with van der Waals surface area (Å²) in [7, 11) is 0. The molecular weight excluding hydrogens is 263 g/mol. The number of amides is 1. The van der Waals surface area contributed by atoms with Gasteiger partial charge in [-0.25, -0.2) is 0 Å². The van der Waals surface area contributed by atoms with Gasteiger partial charge in [-0.3, -0.25) is 9.89 Å². The van der Waals surface area contributed by atoms with Crippen LogP contribution < -0.4 is 10.1 Å². The van der Waals surface area contributed by atoms with Crippen LogP contribution in [0, 0.1) is 0 Å². The predicted octanol–water partition coefficient (Wildman–Crippen LogP) is 2.56. The fraction of sp³-hybridized carbons (Fsp3) is 0.0909. The molecular formula is C11H8F3N3O2. The number of anilines is 1. The maximum Gasteiger partial charge on any atom is 0.573 e. The molecule has 0 atom stereocenters. The van der Waals surface area contributed by atoms with Crippen LogP contribution in [0.4, 0.5) is 18.9 Å². The molecule has 0 aliphatic carbocycles. The van der Waals surface area contributed by atoms with Gasteiger partial charge in [0.2, 0.25) is 0 Å². The van der Waals surface area contributed by atoms with E-state index in [1.165, 1.54) is 24.5 Å². The number of carbonyl (C=O) groups is 1. The standard InChI is InChI=1S/C11H8F3N3O2/c12-11(13,14)19-9-3-1-2-8(4-9)17-10(18)7-5-15-16-6-7/h1-6H,(H,15,16)(H,17,18). The lowest BCUT2D eigenvalue weighted by Crippen LogP contribution is -2.17. The van der Waals surface area contributed by atoms with Crippen molar-refractivity contribution in [2.75, 3.05) is 5.32 Å². The van der Waals surface area contributed by atoms with Crippen LogP contribution in [0.3, 0.4) is 0 Å². The van der Waals surface area contributed by atoms with Crippen LogP contribution in [0.25, 0.3) is 0 Å². The van der Waals surface area contributed by atoms with Gasteiger partial charge in [0.05, 0.1) is 11.8 Å². The highest BCUT2D eigenvalue weighted by atomic mass is 19.4. The van der Waals surface area contributed by atoms with Gasteiger partial charge >= 0.3 is 6.36 Å². The maximum absolute atomic E-state index is 12.0. The second-order valence-corrected chi connectivity index (χ2v) is 3.52. The number of aromatic amines is 1. The summed E-state index contributed by atoms with van der Waals surface area (Å²) >= 11 is 0. The van der Waals surface area contributed by atoms with Crippen LogP contribution in [0.2, 0.25) is 0 Å². The summed E-state index contributed by atoms with van der Waals surface area (Å²) in [4.78, 5) is 11.6. The highest BCUT2D eigenvalue weighted by Gasteiger charge is 2.31. The molecule has 0 radical (unpaired) electrons. The summed E-state index contributed by atoms with van der Waals surface area (Å²) in [6.45, 7) is 0. The number of nitrogens with zero attached hydrogens (tertiary/aromatic N) is 1. The van der Waals surface area contributed by atoms with E-state index in [9.17, 15) is 18.0 Å². The molecule has 2 aromatic rings. The van der Waals surface area contributed by atoms with Gasteiger partial charge in [-0.15, -0.1) is 13.2 Å². The summed E-state index contributed by atoms with van der Waals surface area (Å²) < 4.78 is 39.9. The number of hydrogen-bond donors (Lipinski definition) is 2. The Morgan fingerprint density at radius 3 is 2.79 bits per heavy atom. The van der Waals surface area contributed by atoms with Gasteiger partial charge in [-0.05, 0) is 12.1 Å². The van der Waals surface area contributed by atoms with Crippen LogP contribution in [-0.2, 0) is 0 Å². The van der Waals surface area contributed by atoms with E-state index in [1.807, 2.05) is 0 Å². The van der Waals surface area contributed by atoms with E-state index in [-0.39, 0.29) is 11.3 Å². The van der Waals surface area contributed by atoms with Gasteiger partial charge in [0.1, 0.15) is 5.75 Å². The summed E-state index contributed by atoms with van der Waals surface area (Å²) in [5.41, 5.74) is 0.454. The zero-order chi connectivity index (χ0) is 13.9. The van der Waals surface area contributed by atoms with Crippen molar-refractivity contribution in [1.82, 2.24) is 10.2 Å². The number of nitrogens with one attached hydrogen (secondary N) is 2. The molecule has 0 aliphatic rings. The minimum Gasteiger partial charge on any atom is -0.406 e. The minimum atomic E-state index is -4.77. The van der Waals surface area contributed by atoms with E-state index < -0.39 is 18.0 Å². The van der Waals surface area contributed by atoms with Crippen LogP contribution in [-0.4, -0.2) is 22.5 Å². The van der Waals surface area contributed by atoms with Crippen LogP contribution in [0.5, 0.6) is 5.75 Å². The van der Waals surface area contributed by atoms with Crippen molar-refractivity contribution in [2.45, 2.75) is 6.36 Å². The molecule has 0 saturated carbocycles. The number of carbonyl (C=O) groups excluding carboxylic acids is 1. The molecule has 1 aromatic heterocycles. The average molecular weight is 271 g/mol. The molecule has 2 N–H and O–H groups in total. The van der Waals surface area contributed by atoms with Crippen molar-refractivity contribution in [2.24, 2.45) is 0 Å². The number of halogens is 3. The van der Waals surface area contributed by atoms with E-state index in [2.05, 4.69) is 20.3 Å². The predicted molar refractivity (Wildman–Crippen MR) is 59.7 cm³/mol. The third-order valence-electron chi connectivity index (χ3n) is 2.09. The van der Waals surface area contributed by atoms with Crippen LogP contribution in [0.1, 0.15) is 10.4 Å². The molecule has 0 bridgehead atoms. The fourth-order valence-electron chi connectivity index (χ4n) is 1.35. The maximum atomic E-state index is 12.0. The lowest BCUT2D eigenvalue weighted by atomic mass is 10.2. The van der Waals surface area contributed by atoms with Crippen molar-refractivity contribution >= 4 is 11.6 Å². The van der Waals surface area contributed by atoms with Gasteiger partial charge in [0.15, 0.2) is 0 Å². The number of ether oxygens (including phenoxy) is 1.